The largest absolute Gasteiger partial charge is 0.369 e. The van der Waals surface area contributed by atoms with E-state index in [1.807, 2.05) is 6.07 Å². The highest BCUT2D eigenvalue weighted by Crippen LogP contribution is 2.42. The number of hydrazone groups is 1. The van der Waals surface area contributed by atoms with Crippen LogP contribution in [0.3, 0.4) is 0 Å². The molecule has 136 valence electrons. The monoisotopic (exact) mass is 369 g/mol. The zero-order valence-corrected chi connectivity index (χ0v) is 16.3. The van der Waals surface area contributed by atoms with Gasteiger partial charge in [-0.3, -0.25) is 4.79 Å². The Morgan fingerprint density at radius 3 is 2.81 bits per heavy atom. The van der Waals surface area contributed by atoms with Gasteiger partial charge < -0.3 is 4.90 Å². The van der Waals surface area contributed by atoms with Crippen LogP contribution in [0.2, 0.25) is 5.02 Å². The van der Waals surface area contributed by atoms with Crippen LogP contribution in [0.15, 0.2) is 47.6 Å². The molecule has 5 heteroatoms. The molecule has 0 spiro atoms. The van der Waals surface area contributed by atoms with Crippen molar-refractivity contribution in [1.29, 1.82) is 0 Å². The molecule has 1 aliphatic heterocycles. The highest BCUT2D eigenvalue weighted by Gasteiger charge is 2.33. The second-order valence-electron chi connectivity index (χ2n) is 7.50. The van der Waals surface area contributed by atoms with Crippen molar-refractivity contribution in [3.63, 3.8) is 0 Å². The van der Waals surface area contributed by atoms with Gasteiger partial charge in [-0.05, 0) is 67.6 Å². The van der Waals surface area contributed by atoms with E-state index in [-0.39, 0.29) is 11.4 Å². The standard InChI is InChI=1S/C21H24ClN3O/c1-14-12-21(2,3)25(4)19-9-8-15(10-18(14)19)13-23-24-20(26)16-6-5-7-17(22)11-16/h5-11,13-14H,12H2,1-4H3,(H,24,26)/b23-13+. The van der Waals surface area contributed by atoms with E-state index in [9.17, 15) is 4.79 Å². The van der Waals surface area contributed by atoms with Crippen molar-refractivity contribution in [2.75, 3.05) is 11.9 Å². The first-order chi connectivity index (χ1) is 12.3. The molecule has 1 unspecified atom stereocenters. The molecule has 0 saturated carbocycles. The van der Waals surface area contributed by atoms with Gasteiger partial charge in [0.2, 0.25) is 0 Å². The van der Waals surface area contributed by atoms with Crippen molar-refractivity contribution in [1.82, 2.24) is 5.43 Å². The molecule has 0 aliphatic carbocycles. The van der Waals surface area contributed by atoms with Crippen molar-refractivity contribution >= 4 is 29.4 Å². The van der Waals surface area contributed by atoms with E-state index in [1.165, 1.54) is 11.3 Å². The minimum atomic E-state index is -0.281. The number of rotatable bonds is 3. The number of hydrogen-bond donors (Lipinski definition) is 1. The van der Waals surface area contributed by atoms with Crippen molar-refractivity contribution in [3.8, 4) is 0 Å². The maximum absolute atomic E-state index is 12.1. The second-order valence-corrected chi connectivity index (χ2v) is 7.94. The first kappa shape index (κ1) is 18.5. The number of amides is 1. The first-order valence-corrected chi connectivity index (χ1v) is 9.12. The van der Waals surface area contributed by atoms with Crippen LogP contribution in [0.1, 0.15) is 54.6 Å². The minimum absolute atomic E-state index is 0.146. The lowest BCUT2D eigenvalue weighted by Gasteiger charge is -2.45. The summed E-state index contributed by atoms with van der Waals surface area (Å²) < 4.78 is 0. The summed E-state index contributed by atoms with van der Waals surface area (Å²) in [7, 11) is 2.14. The van der Waals surface area contributed by atoms with Crippen LogP contribution in [-0.4, -0.2) is 24.7 Å². The Balaban J connectivity index is 1.74. The van der Waals surface area contributed by atoms with Crippen molar-refractivity contribution in [2.45, 2.75) is 38.6 Å². The Kier molecular flexibility index (Phi) is 5.05. The Labute approximate surface area is 159 Å². The van der Waals surface area contributed by atoms with Gasteiger partial charge in [-0.1, -0.05) is 30.7 Å². The molecule has 0 fully saturated rings. The van der Waals surface area contributed by atoms with E-state index < -0.39 is 0 Å². The molecule has 0 saturated heterocycles. The summed E-state index contributed by atoms with van der Waals surface area (Å²) >= 11 is 5.91. The molecule has 1 N–H and O–H groups in total. The number of carbonyl (C=O) groups excluding carboxylic acids is 1. The van der Waals surface area contributed by atoms with Gasteiger partial charge >= 0.3 is 0 Å². The Morgan fingerprint density at radius 2 is 2.08 bits per heavy atom. The van der Waals surface area contributed by atoms with Crippen molar-refractivity contribution < 1.29 is 4.79 Å². The fourth-order valence-electron chi connectivity index (χ4n) is 3.54. The molecule has 4 nitrogen and oxygen atoms in total. The number of hydrogen-bond acceptors (Lipinski definition) is 3. The maximum Gasteiger partial charge on any atom is 0.271 e. The van der Waals surface area contributed by atoms with E-state index in [0.717, 1.165) is 12.0 Å². The number of halogens is 1. The molecule has 1 heterocycles. The summed E-state index contributed by atoms with van der Waals surface area (Å²) in [5.74, 6) is 0.196. The third-order valence-corrected chi connectivity index (χ3v) is 5.36. The fourth-order valence-corrected chi connectivity index (χ4v) is 3.73. The average Bonchev–Trinajstić information content (AvgIpc) is 2.59. The van der Waals surface area contributed by atoms with Crippen LogP contribution in [0.4, 0.5) is 5.69 Å². The number of fused-ring (bicyclic) bond motifs is 1. The molecular formula is C21H24ClN3O. The zero-order valence-electron chi connectivity index (χ0n) is 15.6. The van der Waals surface area contributed by atoms with Gasteiger partial charge in [-0.15, -0.1) is 0 Å². The number of nitrogens with one attached hydrogen (secondary N) is 1. The minimum Gasteiger partial charge on any atom is -0.369 e. The molecule has 2 aromatic rings. The van der Waals surface area contributed by atoms with Gasteiger partial charge in [0.15, 0.2) is 0 Å². The van der Waals surface area contributed by atoms with Gasteiger partial charge in [0.05, 0.1) is 6.21 Å². The summed E-state index contributed by atoms with van der Waals surface area (Å²) in [5.41, 5.74) is 6.72. The summed E-state index contributed by atoms with van der Waals surface area (Å²) in [6.07, 6.45) is 2.78. The van der Waals surface area contributed by atoms with Gasteiger partial charge in [-0.25, -0.2) is 5.43 Å². The van der Waals surface area contributed by atoms with Crippen LogP contribution in [-0.2, 0) is 0 Å². The SMILES string of the molecule is CC1CC(C)(C)N(C)c2ccc(/C=N/NC(=O)c3cccc(Cl)c3)cc21. The maximum atomic E-state index is 12.1. The molecule has 0 aromatic heterocycles. The Bertz CT molecular complexity index is 860. The van der Waals surface area contributed by atoms with Crippen LogP contribution >= 0.6 is 11.6 Å². The van der Waals surface area contributed by atoms with Crippen LogP contribution in [0.25, 0.3) is 0 Å². The number of benzene rings is 2. The smallest absolute Gasteiger partial charge is 0.271 e. The third kappa shape index (κ3) is 3.75. The van der Waals surface area contributed by atoms with Gasteiger partial charge in [0, 0.05) is 28.9 Å². The topological polar surface area (TPSA) is 44.7 Å². The Morgan fingerprint density at radius 1 is 1.31 bits per heavy atom. The number of nitrogens with zero attached hydrogens (tertiary/aromatic N) is 2. The predicted molar refractivity (Wildman–Crippen MR) is 108 cm³/mol. The van der Waals surface area contributed by atoms with Crippen LogP contribution < -0.4 is 10.3 Å². The molecule has 1 aliphatic rings. The highest BCUT2D eigenvalue weighted by molar-refractivity contribution is 6.30. The first-order valence-electron chi connectivity index (χ1n) is 8.75. The number of anilines is 1. The molecule has 2 aromatic carbocycles. The van der Waals surface area contributed by atoms with E-state index in [4.69, 9.17) is 11.6 Å². The second kappa shape index (κ2) is 7.12. The molecule has 1 amide bonds. The van der Waals surface area contributed by atoms with E-state index in [1.54, 1.807) is 30.5 Å². The quantitative estimate of drug-likeness (QED) is 0.622. The van der Waals surface area contributed by atoms with Crippen molar-refractivity contribution in [2.24, 2.45) is 5.10 Å². The normalized spacial score (nSPS) is 18.7. The zero-order chi connectivity index (χ0) is 18.9. The van der Waals surface area contributed by atoms with E-state index >= 15 is 0 Å². The molecular weight excluding hydrogens is 346 g/mol. The average molecular weight is 370 g/mol. The molecule has 26 heavy (non-hydrogen) atoms. The summed E-state index contributed by atoms with van der Waals surface area (Å²) in [6.45, 7) is 6.80. The molecule has 3 rings (SSSR count). The molecule has 1 atom stereocenters. The summed E-state index contributed by atoms with van der Waals surface area (Å²) in [5, 5.41) is 4.61. The third-order valence-electron chi connectivity index (χ3n) is 5.12. The van der Waals surface area contributed by atoms with Crippen LogP contribution in [0, 0.1) is 0 Å². The lowest BCUT2D eigenvalue weighted by atomic mass is 9.80. The fraction of sp³-hybridized carbons (Fsp3) is 0.333. The van der Waals surface area contributed by atoms with E-state index in [2.05, 4.69) is 55.4 Å². The molecule has 0 radical (unpaired) electrons. The lowest BCUT2D eigenvalue weighted by Crippen LogP contribution is -2.45. The molecule has 0 bridgehead atoms. The van der Waals surface area contributed by atoms with Gasteiger partial charge in [-0.2, -0.15) is 5.10 Å². The lowest BCUT2D eigenvalue weighted by molar-refractivity contribution is 0.0955. The summed E-state index contributed by atoms with van der Waals surface area (Å²) in [4.78, 5) is 14.4. The Hall–Kier alpha value is -2.33. The van der Waals surface area contributed by atoms with Gasteiger partial charge in [0.1, 0.15) is 0 Å². The van der Waals surface area contributed by atoms with E-state index in [0.29, 0.717) is 16.5 Å². The summed E-state index contributed by atoms with van der Waals surface area (Å²) in [6, 6.07) is 13.1. The number of carbonyl (C=O) groups is 1. The van der Waals surface area contributed by atoms with Crippen molar-refractivity contribution in [3.05, 3.63) is 64.2 Å². The van der Waals surface area contributed by atoms with Crippen LogP contribution in [0.5, 0.6) is 0 Å². The predicted octanol–water partition coefficient (Wildman–Crippen LogP) is 4.83. The highest BCUT2D eigenvalue weighted by atomic mass is 35.5. The van der Waals surface area contributed by atoms with Gasteiger partial charge in [0.25, 0.3) is 5.91 Å².